The van der Waals surface area contributed by atoms with E-state index in [1.165, 1.54) is 18.2 Å². The molecule has 7 heteroatoms. The number of hydrogen-bond acceptors (Lipinski definition) is 5. The van der Waals surface area contributed by atoms with E-state index >= 15 is 0 Å². The van der Waals surface area contributed by atoms with Gasteiger partial charge in [-0.2, -0.15) is 0 Å². The van der Waals surface area contributed by atoms with Gasteiger partial charge in [0.15, 0.2) is 0 Å². The van der Waals surface area contributed by atoms with Gasteiger partial charge < -0.3 is 15.0 Å². The second-order valence-corrected chi connectivity index (χ2v) is 5.97. The third-order valence-corrected chi connectivity index (χ3v) is 4.29. The Kier molecular flexibility index (Phi) is 7.76. The van der Waals surface area contributed by atoms with Gasteiger partial charge in [0.25, 0.3) is 11.6 Å². The Balaban J connectivity index is 1.96. The monoisotopic (exact) mass is 371 g/mol. The van der Waals surface area contributed by atoms with E-state index in [2.05, 4.69) is 24.1 Å². The number of nitrogens with one attached hydrogen (secondary N) is 1. The van der Waals surface area contributed by atoms with E-state index in [9.17, 15) is 14.9 Å². The molecule has 2 aromatic rings. The Morgan fingerprint density at radius 1 is 1.15 bits per heavy atom. The standard InChI is InChI=1S/C20H25N3O4/c1-3-22(4-2)12-13-27-19-11-6-5-8-17(19)15-21-20(24)16-9-7-10-18(14-16)23(25)26/h5-11,14H,3-4,12-13,15H2,1-2H3,(H,21,24). The first kappa shape index (κ1) is 20.4. The maximum absolute atomic E-state index is 12.3. The van der Waals surface area contributed by atoms with Crippen molar-refractivity contribution in [2.75, 3.05) is 26.2 Å². The van der Waals surface area contributed by atoms with Crippen LogP contribution in [0.5, 0.6) is 5.75 Å². The predicted octanol–water partition coefficient (Wildman–Crippen LogP) is 3.25. The summed E-state index contributed by atoms with van der Waals surface area (Å²) < 4.78 is 5.88. The van der Waals surface area contributed by atoms with Gasteiger partial charge >= 0.3 is 0 Å². The van der Waals surface area contributed by atoms with Gasteiger partial charge in [0.05, 0.1) is 4.92 Å². The van der Waals surface area contributed by atoms with Crippen molar-refractivity contribution in [3.05, 3.63) is 69.8 Å². The van der Waals surface area contributed by atoms with Crippen LogP contribution in [0, 0.1) is 10.1 Å². The number of rotatable bonds is 10. The van der Waals surface area contributed by atoms with Crippen LogP contribution in [-0.4, -0.2) is 42.0 Å². The van der Waals surface area contributed by atoms with Crippen LogP contribution in [0.25, 0.3) is 0 Å². The highest BCUT2D eigenvalue weighted by Gasteiger charge is 2.12. The fourth-order valence-electron chi connectivity index (χ4n) is 2.65. The molecule has 0 saturated carbocycles. The molecule has 1 N–H and O–H groups in total. The van der Waals surface area contributed by atoms with Crippen molar-refractivity contribution in [1.29, 1.82) is 0 Å². The molecule has 7 nitrogen and oxygen atoms in total. The molecule has 0 aliphatic rings. The zero-order chi connectivity index (χ0) is 19.6. The zero-order valence-electron chi connectivity index (χ0n) is 15.7. The molecule has 0 bridgehead atoms. The van der Waals surface area contributed by atoms with Crippen molar-refractivity contribution in [2.24, 2.45) is 0 Å². The Hall–Kier alpha value is -2.93. The highest BCUT2D eigenvalue weighted by atomic mass is 16.6. The number of hydrogen-bond donors (Lipinski definition) is 1. The predicted molar refractivity (Wildman–Crippen MR) is 104 cm³/mol. The average Bonchev–Trinajstić information content (AvgIpc) is 2.70. The van der Waals surface area contributed by atoms with Crippen LogP contribution in [0.3, 0.4) is 0 Å². The van der Waals surface area contributed by atoms with Gasteiger partial charge in [0.2, 0.25) is 0 Å². The van der Waals surface area contributed by atoms with Gasteiger partial charge in [0.1, 0.15) is 12.4 Å². The lowest BCUT2D eigenvalue weighted by Gasteiger charge is -2.19. The highest BCUT2D eigenvalue weighted by molar-refractivity contribution is 5.94. The van der Waals surface area contributed by atoms with E-state index in [4.69, 9.17) is 4.74 Å². The average molecular weight is 371 g/mol. The van der Waals surface area contributed by atoms with Crippen LogP contribution in [0.4, 0.5) is 5.69 Å². The Labute approximate surface area is 159 Å². The van der Waals surface area contributed by atoms with Crippen LogP contribution >= 0.6 is 0 Å². The third kappa shape index (κ3) is 6.07. The van der Waals surface area contributed by atoms with Crippen molar-refractivity contribution in [1.82, 2.24) is 10.2 Å². The van der Waals surface area contributed by atoms with Crippen molar-refractivity contribution < 1.29 is 14.5 Å². The van der Waals surface area contributed by atoms with E-state index in [-0.39, 0.29) is 23.7 Å². The fourth-order valence-corrected chi connectivity index (χ4v) is 2.65. The van der Waals surface area contributed by atoms with Gasteiger partial charge in [-0.05, 0) is 25.2 Å². The summed E-state index contributed by atoms with van der Waals surface area (Å²) in [7, 11) is 0. The minimum Gasteiger partial charge on any atom is -0.492 e. The topological polar surface area (TPSA) is 84.7 Å². The molecule has 0 saturated heterocycles. The van der Waals surface area contributed by atoms with Crippen molar-refractivity contribution >= 4 is 11.6 Å². The number of non-ortho nitro benzene ring substituents is 1. The molecule has 0 fully saturated rings. The number of amides is 1. The lowest BCUT2D eigenvalue weighted by atomic mass is 10.1. The van der Waals surface area contributed by atoms with Gasteiger partial charge in [-0.15, -0.1) is 0 Å². The number of nitrogens with zero attached hydrogens (tertiary/aromatic N) is 2. The summed E-state index contributed by atoms with van der Waals surface area (Å²) in [6.45, 7) is 7.85. The molecule has 0 spiro atoms. The quantitative estimate of drug-likeness (QED) is 0.512. The number of nitro benzene ring substituents is 1. The van der Waals surface area contributed by atoms with Gasteiger partial charge in [-0.25, -0.2) is 0 Å². The number of benzene rings is 2. The van der Waals surface area contributed by atoms with E-state index in [0.29, 0.717) is 6.61 Å². The largest absolute Gasteiger partial charge is 0.492 e. The molecule has 2 rings (SSSR count). The van der Waals surface area contributed by atoms with E-state index in [1.807, 2.05) is 24.3 Å². The molecular weight excluding hydrogens is 346 g/mol. The van der Waals surface area contributed by atoms with Crippen LogP contribution in [-0.2, 0) is 6.54 Å². The molecule has 1 amide bonds. The van der Waals surface area contributed by atoms with Gasteiger partial charge in [-0.3, -0.25) is 14.9 Å². The first-order valence-electron chi connectivity index (χ1n) is 9.00. The SMILES string of the molecule is CCN(CC)CCOc1ccccc1CNC(=O)c1cccc([N+](=O)[O-])c1. The van der Waals surface area contributed by atoms with Crippen LogP contribution in [0.2, 0.25) is 0 Å². The molecule has 27 heavy (non-hydrogen) atoms. The second kappa shape index (κ2) is 10.3. The molecule has 0 radical (unpaired) electrons. The highest BCUT2D eigenvalue weighted by Crippen LogP contribution is 2.18. The molecule has 0 atom stereocenters. The van der Waals surface area contributed by atoms with Crippen molar-refractivity contribution in [3.8, 4) is 5.75 Å². The van der Waals surface area contributed by atoms with E-state index in [1.54, 1.807) is 6.07 Å². The molecule has 144 valence electrons. The summed E-state index contributed by atoms with van der Waals surface area (Å²) in [6.07, 6.45) is 0. The first-order chi connectivity index (χ1) is 13.0. The number of para-hydroxylation sites is 1. The normalized spacial score (nSPS) is 10.6. The molecule has 0 heterocycles. The maximum Gasteiger partial charge on any atom is 0.270 e. The molecule has 0 aromatic heterocycles. The first-order valence-corrected chi connectivity index (χ1v) is 9.00. The van der Waals surface area contributed by atoms with Gasteiger partial charge in [0, 0.05) is 36.3 Å². The Bertz CT molecular complexity index is 775. The van der Waals surface area contributed by atoms with Crippen LogP contribution in [0.1, 0.15) is 29.8 Å². The van der Waals surface area contributed by atoms with E-state index in [0.717, 1.165) is 30.9 Å². The summed E-state index contributed by atoms with van der Waals surface area (Å²) in [5.41, 5.74) is 1.00. The van der Waals surface area contributed by atoms with E-state index < -0.39 is 4.92 Å². The minimum absolute atomic E-state index is 0.109. The second-order valence-electron chi connectivity index (χ2n) is 5.97. The van der Waals surface area contributed by atoms with Crippen molar-refractivity contribution in [3.63, 3.8) is 0 Å². The fraction of sp³-hybridized carbons (Fsp3) is 0.350. The summed E-state index contributed by atoms with van der Waals surface area (Å²) in [5, 5.41) is 13.6. The molecular formula is C20H25N3O4. The molecule has 0 aliphatic heterocycles. The van der Waals surface area contributed by atoms with Crippen LogP contribution in [0.15, 0.2) is 48.5 Å². The Morgan fingerprint density at radius 2 is 1.89 bits per heavy atom. The lowest BCUT2D eigenvalue weighted by Crippen LogP contribution is -2.28. The van der Waals surface area contributed by atoms with Crippen LogP contribution < -0.4 is 10.1 Å². The summed E-state index contributed by atoms with van der Waals surface area (Å²) in [5.74, 6) is 0.362. The lowest BCUT2D eigenvalue weighted by molar-refractivity contribution is -0.384. The van der Waals surface area contributed by atoms with Crippen molar-refractivity contribution in [2.45, 2.75) is 20.4 Å². The zero-order valence-corrected chi connectivity index (χ0v) is 15.7. The number of nitro groups is 1. The summed E-state index contributed by atoms with van der Waals surface area (Å²) >= 11 is 0. The van der Waals surface area contributed by atoms with Gasteiger partial charge in [-0.1, -0.05) is 38.1 Å². The minimum atomic E-state index is -0.518. The summed E-state index contributed by atoms with van der Waals surface area (Å²) in [4.78, 5) is 24.9. The smallest absolute Gasteiger partial charge is 0.270 e. The maximum atomic E-state index is 12.3. The summed E-state index contributed by atoms with van der Waals surface area (Å²) in [6, 6.07) is 13.2. The number of carbonyl (C=O) groups is 1. The number of ether oxygens (including phenoxy) is 1. The molecule has 0 aliphatic carbocycles. The number of likely N-dealkylation sites (N-methyl/N-ethyl adjacent to an activating group) is 1. The molecule has 2 aromatic carbocycles. The molecule has 0 unspecified atom stereocenters. The third-order valence-electron chi connectivity index (χ3n) is 4.29. The number of carbonyl (C=O) groups excluding carboxylic acids is 1. The Morgan fingerprint density at radius 3 is 2.59 bits per heavy atom.